The standard InChI is InChI=1S/C22H15F3N2O3S2/c1-10-5-7-11(8-6-10)14-15-17(31-18-16(14)32-21(30)26-18)20(29)27(19(15)28)13-4-2-3-12(9-13)22(23,24)25/h2-9,14-15,17H,1H3,(H,26,30)/t14-,15-,17+/m1/s1. The van der Waals surface area contributed by atoms with Crippen molar-refractivity contribution in [3.63, 3.8) is 0 Å². The predicted octanol–water partition coefficient (Wildman–Crippen LogP) is 4.56. The Hall–Kier alpha value is -2.85. The fourth-order valence-electron chi connectivity index (χ4n) is 4.23. The molecule has 1 N–H and O–H groups in total. The normalized spacial score (nSPS) is 22.8. The molecule has 5 nitrogen and oxygen atoms in total. The van der Waals surface area contributed by atoms with E-state index >= 15 is 0 Å². The molecule has 0 bridgehead atoms. The van der Waals surface area contributed by atoms with Crippen LogP contribution in [-0.4, -0.2) is 22.0 Å². The number of alkyl halides is 3. The third kappa shape index (κ3) is 3.29. The molecule has 10 heteroatoms. The van der Waals surface area contributed by atoms with Crippen molar-refractivity contribution in [2.75, 3.05) is 4.90 Å². The number of benzene rings is 2. The molecule has 0 aliphatic carbocycles. The highest BCUT2D eigenvalue weighted by Gasteiger charge is 2.56. The molecule has 3 aromatic rings. The summed E-state index contributed by atoms with van der Waals surface area (Å²) >= 11 is 2.08. The quantitative estimate of drug-likeness (QED) is 0.551. The van der Waals surface area contributed by atoms with Gasteiger partial charge in [0.05, 0.1) is 22.2 Å². The van der Waals surface area contributed by atoms with E-state index in [-0.39, 0.29) is 10.6 Å². The Labute approximate surface area is 188 Å². The van der Waals surface area contributed by atoms with Crippen molar-refractivity contribution in [1.29, 1.82) is 0 Å². The number of thiazole rings is 1. The first-order valence-corrected chi connectivity index (χ1v) is 11.4. The largest absolute Gasteiger partial charge is 0.416 e. The number of hydrogen-bond acceptors (Lipinski definition) is 5. The van der Waals surface area contributed by atoms with Crippen LogP contribution in [0.4, 0.5) is 18.9 Å². The summed E-state index contributed by atoms with van der Waals surface area (Å²) in [6, 6.07) is 11.7. The number of aromatic amines is 1. The highest BCUT2D eigenvalue weighted by atomic mass is 32.2. The summed E-state index contributed by atoms with van der Waals surface area (Å²) < 4.78 is 39.6. The molecule has 2 aromatic carbocycles. The Balaban J connectivity index is 1.62. The number of hydrogen-bond donors (Lipinski definition) is 1. The third-order valence-corrected chi connectivity index (χ3v) is 8.09. The van der Waals surface area contributed by atoms with E-state index < -0.39 is 40.6 Å². The number of rotatable bonds is 2. The highest BCUT2D eigenvalue weighted by Crippen LogP contribution is 2.53. The molecule has 3 atom stereocenters. The monoisotopic (exact) mass is 476 g/mol. The number of aromatic nitrogens is 1. The van der Waals surface area contributed by atoms with Crippen molar-refractivity contribution in [3.8, 4) is 0 Å². The molecule has 0 radical (unpaired) electrons. The van der Waals surface area contributed by atoms with Gasteiger partial charge in [-0.15, -0.1) is 0 Å². The number of nitrogens with one attached hydrogen (secondary N) is 1. The summed E-state index contributed by atoms with van der Waals surface area (Å²) in [5.74, 6) is -2.53. The van der Waals surface area contributed by atoms with Crippen LogP contribution in [0.15, 0.2) is 58.4 Å². The second kappa shape index (κ2) is 7.35. The van der Waals surface area contributed by atoms with E-state index in [0.717, 1.165) is 51.3 Å². The molecule has 1 aromatic heterocycles. The minimum atomic E-state index is -4.60. The average Bonchev–Trinajstić information content (AvgIpc) is 3.23. The van der Waals surface area contributed by atoms with Gasteiger partial charge in [-0.2, -0.15) is 13.2 Å². The summed E-state index contributed by atoms with van der Waals surface area (Å²) in [5, 5.41) is -0.319. The Kier molecular flexibility index (Phi) is 4.82. The molecule has 2 aliphatic heterocycles. The Bertz CT molecular complexity index is 1300. The van der Waals surface area contributed by atoms with E-state index in [1.165, 1.54) is 12.1 Å². The van der Waals surface area contributed by atoms with Crippen molar-refractivity contribution >= 4 is 40.6 Å². The summed E-state index contributed by atoms with van der Waals surface area (Å²) in [5.41, 5.74) is 0.743. The maximum atomic E-state index is 13.5. The van der Waals surface area contributed by atoms with Gasteiger partial charge >= 0.3 is 11.0 Å². The van der Waals surface area contributed by atoms with E-state index in [1.807, 2.05) is 31.2 Å². The molecule has 0 spiro atoms. The van der Waals surface area contributed by atoms with Crippen LogP contribution in [0.2, 0.25) is 0 Å². The number of thioether (sulfide) groups is 1. The van der Waals surface area contributed by atoms with Crippen molar-refractivity contribution in [1.82, 2.24) is 4.98 Å². The van der Waals surface area contributed by atoms with Gasteiger partial charge < -0.3 is 4.98 Å². The van der Waals surface area contributed by atoms with Crippen LogP contribution in [0.25, 0.3) is 0 Å². The molecular weight excluding hydrogens is 461 g/mol. The molecule has 2 amide bonds. The maximum Gasteiger partial charge on any atom is 0.416 e. The van der Waals surface area contributed by atoms with Gasteiger partial charge in [0, 0.05) is 10.8 Å². The fraction of sp³-hybridized carbons (Fsp3) is 0.227. The van der Waals surface area contributed by atoms with Crippen molar-refractivity contribution < 1.29 is 22.8 Å². The number of carbonyl (C=O) groups excluding carboxylic acids is 2. The second-order valence-electron chi connectivity index (χ2n) is 7.72. The van der Waals surface area contributed by atoms with Gasteiger partial charge in [-0.3, -0.25) is 14.4 Å². The average molecular weight is 477 g/mol. The number of H-pyrrole nitrogens is 1. The lowest BCUT2D eigenvalue weighted by atomic mass is 9.83. The summed E-state index contributed by atoms with van der Waals surface area (Å²) in [4.78, 5) is 42.8. The number of halogens is 3. The molecule has 5 rings (SSSR count). The number of carbonyl (C=O) groups is 2. The topological polar surface area (TPSA) is 70.2 Å². The maximum absolute atomic E-state index is 13.5. The molecule has 3 heterocycles. The molecule has 0 unspecified atom stereocenters. The third-order valence-electron chi connectivity index (χ3n) is 5.69. The summed E-state index contributed by atoms with van der Waals surface area (Å²) in [6.07, 6.45) is -4.60. The number of nitrogens with zero attached hydrogens (tertiary/aromatic N) is 1. The van der Waals surface area contributed by atoms with Crippen molar-refractivity contribution in [3.05, 3.63) is 79.8 Å². The van der Waals surface area contributed by atoms with Gasteiger partial charge in [0.25, 0.3) is 0 Å². The molecule has 1 fully saturated rings. The molecule has 0 saturated carbocycles. The summed E-state index contributed by atoms with van der Waals surface area (Å²) in [6.45, 7) is 1.92. The number of anilines is 1. The van der Waals surface area contributed by atoms with Crippen LogP contribution >= 0.6 is 23.1 Å². The van der Waals surface area contributed by atoms with E-state index in [1.54, 1.807) is 0 Å². The smallest absolute Gasteiger partial charge is 0.307 e. The number of imide groups is 1. The first kappa shape index (κ1) is 21.0. The molecule has 2 aliphatic rings. The zero-order chi connectivity index (χ0) is 22.8. The molecule has 1 saturated heterocycles. The van der Waals surface area contributed by atoms with Crippen LogP contribution in [0.1, 0.15) is 27.5 Å². The molecule has 164 valence electrons. The van der Waals surface area contributed by atoms with Crippen LogP contribution in [0.3, 0.4) is 0 Å². The lowest BCUT2D eigenvalue weighted by molar-refractivity contribution is -0.137. The Morgan fingerprint density at radius 3 is 2.41 bits per heavy atom. The van der Waals surface area contributed by atoms with Crippen LogP contribution in [-0.2, 0) is 15.8 Å². The van der Waals surface area contributed by atoms with Gasteiger partial charge in [-0.25, -0.2) is 4.90 Å². The summed E-state index contributed by atoms with van der Waals surface area (Å²) in [7, 11) is 0. The van der Waals surface area contributed by atoms with Crippen LogP contribution in [0.5, 0.6) is 0 Å². The van der Waals surface area contributed by atoms with Crippen molar-refractivity contribution in [2.24, 2.45) is 5.92 Å². The van der Waals surface area contributed by atoms with Gasteiger partial charge in [0.15, 0.2) is 0 Å². The highest BCUT2D eigenvalue weighted by molar-refractivity contribution is 8.00. The second-order valence-corrected chi connectivity index (χ2v) is 9.89. The van der Waals surface area contributed by atoms with E-state index in [4.69, 9.17) is 0 Å². The van der Waals surface area contributed by atoms with E-state index in [0.29, 0.717) is 9.90 Å². The van der Waals surface area contributed by atoms with Crippen molar-refractivity contribution in [2.45, 2.75) is 29.3 Å². The lowest BCUT2D eigenvalue weighted by Crippen LogP contribution is -2.32. The predicted molar refractivity (Wildman–Crippen MR) is 115 cm³/mol. The van der Waals surface area contributed by atoms with Gasteiger partial charge in [0.1, 0.15) is 5.25 Å². The SMILES string of the molecule is Cc1ccc([C@H]2c3sc(=O)[nH]c3S[C@@H]3C(=O)N(c4cccc(C(F)(F)F)c4)C(=O)[C@H]23)cc1. The number of aryl methyl sites for hydroxylation is 1. The van der Waals surface area contributed by atoms with Gasteiger partial charge in [-0.05, 0) is 30.7 Å². The fourth-order valence-corrected chi connectivity index (χ4v) is 6.74. The number of fused-ring (bicyclic) bond motifs is 2. The van der Waals surface area contributed by atoms with Gasteiger partial charge in [0.2, 0.25) is 11.8 Å². The first-order chi connectivity index (χ1) is 15.1. The van der Waals surface area contributed by atoms with E-state index in [2.05, 4.69) is 4.98 Å². The molecular formula is C22H15F3N2O3S2. The van der Waals surface area contributed by atoms with E-state index in [9.17, 15) is 27.6 Å². The molecule has 32 heavy (non-hydrogen) atoms. The zero-order valence-corrected chi connectivity index (χ0v) is 18.1. The minimum Gasteiger partial charge on any atom is -0.307 e. The Morgan fingerprint density at radius 2 is 1.72 bits per heavy atom. The minimum absolute atomic E-state index is 0.107. The lowest BCUT2D eigenvalue weighted by Gasteiger charge is -2.29. The Morgan fingerprint density at radius 1 is 1.00 bits per heavy atom. The van der Waals surface area contributed by atoms with Crippen LogP contribution < -0.4 is 9.77 Å². The van der Waals surface area contributed by atoms with Gasteiger partial charge in [-0.1, -0.05) is 59.0 Å². The zero-order valence-electron chi connectivity index (χ0n) is 16.5. The van der Waals surface area contributed by atoms with Crippen LogP contribution in [0, 0.1) is 12.8 Å². The number of amides is 2. The first-order valence-electron chi connectivity index (χ1n) is 9.66.